The maximum absolute atomic E-state index is 14.9. The Balaban J connectivity index is 1.31. The van der Waals surface area contributed by atoms with Gasteiger partial charge >= 0.3 is 13.1 Å². The van der Waals surface area contributed by atoms with Crippen LogP contribution in [0.4, 0.5) is 0 Å². The Kier molecular flexibility index (Phi) is 9.33. The van der Waals surface area contributed by atoms with Crippen LogP contribution in [0.25, 0.3) is 11.1 Å². The standard InChI is InChI=1S/C44H52BNO5/c1-40(2,3)49-39(47)38-43(31-48-29-32-19-10-8-11-20-32,27-18-28-45-50-41(4,5)42(6,7)51-45)30-46(38)44(33-21-12-9-13-22-33)36-25-16-14-23-34(36)35-24-15-17-26-37(35)44/h8-17,19-26,38H,18,27-31H2,1-7H3/t38-,43-/m1/s1. The van der Waals surface area contributed by atoms with Gasteiger partial charge in [0.25, 0.3) is 0 Å². The van der Waals surface area contributed by atoms with Crippen molar-refractivity contribution in [1.82, 2.24) is 4.90 Å². The molecule has 0 aromatic heterocycles. The predicted octanol–water partition coefficient (Wildman–Crippen LogP) is 9.06. The van der Waals surface area contributed by atoms with Crippen LogP contribution in [0.2, 0.25) is 6.32 Å². The monoisotopic (exact) mass is 685 g/mol. The van der Waals surface area contributed by atoms with Gasteiger partial charge in [0.05, 0.1) is 30.0 Å². The third-order valence-electron chi connectivity index (χ3n) is 11.5. The lowest BCUT2D eigenvalue weighted by Gasteiger charge is -2.62. The second-order valence-corrected chi connectivity index (χ2v) is 16.7. The van der Waals surface area contributed by atoms with Crippen molar-refractivity contribution in [1.29, 1.82) is 0 Å². The molecule has 4 aromatic rings. The SMILES string of the molecule is CC(C)(C)OC(=O)[C@H]1N(C2(c3ccccc3)c3ccccc3-c3ccccc32)C[C@]1(CCCB1OC(C)(C)C(C)(C)O1)COCc1ccccc1. The molecule has 2 fully saturated rings. The van der Waals surface area contributed by atoms with Crippen molar-refractivity contribution < 1.29 is 23.6 Å². The quantitative estimate of drug-likeness (QED) is 0.116. The van der Waals surface area contributed by atoms with Crippen molar-refractivity contribution >= 4 is 13.1 Å². The Morgan fingerprint density at radius 2 is 1.31 bits per heavy atom. The molecule has 6 nitrogen and oxygen atoms in total. The summed E-state index contributed by atoms with van der Waals surface area (Å²) in [6, 6.07) is 37.7. The van der Waals surface area contributed by atoms with E-state index in [2.05, 4.69) is 124 Å². The molecule has 2 saturated heterocycles. The molecule has 266 valence electrons. The highest BCUT2D eigenvalue weighted by Gasteiger charge is 2.66. The van der Waals surface area contributed by atoms with E-state index in [-0.39, 0.29) is 13.1 Å². The summed E-state index contributed by atoms with van der Waals surface area (Å²) in [5.41, 5.74) is 4.31. The number of nitrogens with zero attached hydrogens (tertiary/aromatic N) is 1. The van der Waals surface area contributed by atoms with Gasteiger partial charge in [0.1, 0.15) is 11.6 Å². The molecule has 0 N–H and O–H groups in total. The fraction of sp³-hybridized carbons (Fsp3) is 0.432. The fourth-order valence-corrected chi connectivity index (χ4v) is 8.52. The molecule has 0 bridgehead atoms. The van der Waals surface area contributed by atoms with E-state index in [4.69, 9.17) is 18.8 Å². The molecule has 3 aliphatic rings. The Morgan fingerprint density at radius 1 is 0.784 bits per heavy atom. The van der Waals surface area contributed by atoms with E-state index in [1.807, 2.05) is 39.0 Å². The second-order valence-electron chi connectivity index (χ2n) is 16.7. The molecule has 2 atom stereocenters. The summed E-state index contributed by atoms with van der Waals surface area (Å²) in [7, 11) is -0.308. The largest absolute Gasteiger partial charge is 0.459 e. The van der Waals surface area contributed by atoms with Crippen molar-refractivity contribution in [2.75, 3.05) is 13.2 Å². The van der Waals surface area contributed by atoms with Crippen LogP contribution in [-0.4, -0.2) is 54.0 Å². The predicted molar refractivity (Wildman–Crippen MR) is 203 cm³/mol. The number of hydrogen-bond donors (Lipinski definition) is 0. The molecule has 0 spiro atoms. The van der Waals surface area contributed by atoms with Gasteiger partial charge in [-0.05, 0) is 94.6 Å². The highest BCUT2D eigenvalue weighted by atomic mass is 16.7. The number of benzene rings is 4. The summed E-state index contributed by atoms with van der Waals surface area (Å²) < 4.78 is 25.8. The molecule has 2 heterocycles. The second kappa shape index (κ2) is 13.3. The number of hydrogen-bond acceptors (Lipinski definition) is 6. The van der Waals surface area contributed by atoms with Crippen molar-refractivity contribution in [3.8, 4) is 11.1 Å². The van der Waals surface area contributed by atoms with Crippen LogP contribution in [0.1, 0.15) is 83.6 Å². The molecular weight excluding hydrogens is 633 g/mol. The van der Waals surface area contributed by atoms with Gasteiger partial charge < -0.3 is 18.8 Å². The van der Waals surface area contributed by atoms with Crippen LogP contribution < -0.4 is 0 Å². The molecular formula is C44H52BNO5. The van der Waals surface area contributed by atoms with Gasteiger partial charge in [-0.1, -0.05) is 116 Å². The van der Waals surface area contributed by atoms with Crippen LogP contribution >= 0.6 is 0 Å². The van der Waals surface area contributed by atoms with Gasteiger partial charge in [0.15, 0.2) is 0 Å². The molecule has 2 aliphatic heterocycles. The topological polar surface area (TPSA) is 57.2 Å². The first kappa shape index (κ1) is 35.6. The minimum absolute atomic E-state index is 0.218. The van der Waals surface area contributed by atoms with Crippen molar-refractivity contribution in [3.63, 3.8) is 0 Å². The fourth-order valence-electron chi connectivity index (χ4n) is 8.52. The number of carbonyl (C=O) groups is 1. The van der Waals surface area contributed by atoms with Gasteiger partial charge in [-0.15, -0.1) is 0 Å². The van der Waals surface area contributed by atoms with Crippen molar-refractivity contribution in [2.45, 2.75) is 103 Å². The summed E-state index contributed by atoms with van der Waals surface area (Å²) in [4.78, 5) is 17.3. The molecule has 7 heteroatoms. The highest BCUT2D eigenvalue weighted by Crippen LogP contribution is 2.60. The first-order valence-corrected chi connectivity index (χ1v) is 18.5. The van der Waals surface area contributed by atoms with Crippen LogP contribution in [0, 0.1) is 5.41 Å². The smallest absolute Gasteiger partial charge is 0.457 e. The van der Waals surface area contributed by atoms with E-state index in [0.717, 1.165) is 30.3 Å². The Hall–Kier alpha value is -3.75. The van der Waals surface area contributed by atoms with Crippen molar-refractivity contribution in [3.05, 3.63) is 131 Å². The Morgan fingerprint density at radius 3 is 1.88 bits per heavy atom. The molecule has 51 heavy (non-hydrogen) atoms. The number of ether oxygens (including phenoxy) is 2. The molecule has 1 aliphatic carbocycles. The number of rotatable bonds is 11. The van der Waals surface area contributed by atoms with Gasteiger partial charge in [-0.25, -0.2) is 0 Å². The average Bonchev–Trinajstić information content (AvgIpc) is 3.49. The van der Waals surface area contributed by atoms with E-state index < -0.39 is 33.8 Å². The van der Waals surface area contributed by atoms with Crippen LogP contribution in [0.5, 0.6) is 0 Å². The first-order chi connectivity index (χ1) is 24.3. The minimum Gasteiger partial charge on any atom is -0.459 e. The van der Waals surface area contributed by atoms with Crippen molar-refractivity contribution in [2.24, 2.45) is 5.41 Å². The van der Waals surface area contributed by atoms with Crippen LogP contribution in [-0.2, 0) is 35.7 Å². The highest BCUT2D eigenvalue weighted by molar-refractivity contribution is 6.45. The Bertz CT molecular complexity index is 1790. The van der Waals surface area contributed by atoms with E-state index in [1.54, 1.807) is 0 Å². The lowest BCUT2D eigenvalue weighted by Crippen LogP contribution is -2.75. The summed E-state index contributed by atoms with van der Waals surface area (Å²) in [6.45, 7) is 15.8. The summed E-state index contributed by atoms with van der Waals surface area (Å²) in [6.07, 6.45) is 2.29. The minimum atomic E-state index is -0.704. The van der Waals surface area contributed by atoms with Gasteiger partial charge in [0, 0.05) is 12.0 Å². The zero-order valence-corrected chi connectivity index (χ0v) is 31.3. The maximum atomic E-state index is 14.9. The molecule has 7 rings (SSSR count). The lowest BCUT2D eigenvalue weighted by atomic mass is 9.62. The summed E-state index contributed by atoms with van der Waals surface area (Å²) in [5, 5.41) is 0. The number of esters is 1. The third kappa shape index (κ3) is 6.37. The molecule has 4 aromatic carbocycles. The average molecular weight is 686 g/mol. The summed E-state index contributed by atoms with van der Waals surface area (Å²) in [5.74, 6) is -0.218. The van der Waals surface area contributed by atoms with Crippen LogP contribution in [0.15, 0.2) is 109 Å². The van der Waals surface area contributed by atoms with Gasteiger partial charge in [-0.3, -0.25) is 9.69 Å². The zero-order chi connectivity index (χ0) is 36.1. The van der Waals surface area contributed by atoms with E-state index in [9.17, 15) is 4.79 Å². The molecule has 0 saturated carbocycles. The normalized spacial score (nSPS) is 23.0. The molecule has 0 unspecified atom stereocenters. The van der Waals surface area contributed by atoms with Crippen LogP contribution in [0.3, 0.4) is 0 Å². The number of fused-ring (bicyclic) bond motifs is 3. The first-order valence-electron chi connectivity index (χ1n) is 18.5. The van der Waals surface area contributed by atoms with Gasteiger partial charge in [-0.2, -0.15) is 0 Å². The maximum Gasteiger partial charge on any atom is 0.457 e. The summed E-state index contributed by atoms with van der Waals surface area (Å²) >= 11 is 0. The lowest BCUT2D eigenvalue weighted by molar-refractivity contribution is -0.202. The number of carbonyl (C=O) groups excluding carboxylic acids is 1. The molecule has 0 radical (unpaired) electrons. The van der Waals surface area contributed by atoms with E-state index >= 15 is 0 Å². The molecule has 0 amide bonds. The Labute approximate surface area is 304 Å². The van der Waals surface area contributed by atoms with Gasteiger partial charge in [0.2, 0.25) is 0 Å². The third-order valence-corrected chi connectivity index (χ3v) is 11.5. The van der Waals surface area contributed by atoms with E-state index in [0.29, 0.717) is 19.8 Å². The number of likely N-dealkylation sites (tertiary alicyclic amines) is 1. The van der Waals surface area contributed by atoms with E-state index in [1.165, 1.54) is 22.3 Å². The zero-order valence-electron chi connectivity index (χ0n) is 31.3.